The first kappa shape index (κ1) is 21.8. The van der Waals surface area contributed by atoms with E-state index in [4.69, 9.17) is 11.6 Å². The van der Waals surface area contributed by atoms with Gasteiger partial charge < -0.3 is 0 Å². The number of aromatic nitrogens is 2. The summed E-state index contributed by atoms with van der Waals surface area (Å²) in [5, 5.41) is 5.00. The third kappa shape index (κ3) is 4.91. The lowest BCUT2D eigenvalue weighted by Crippen LogP contribution is -2.33. The van der Waals surface area contributed by atoms with Crippen LogP contribution >= 0.6 is 11.6 Å². The van der Waals surface area contributed by atoms with Gasteiger partial charge in [0.15, 0.2) is 0 Å². The number of carbonyl (C=O) groups excluding carboxylic acids is 1. The second kappa shape index (κ2) is 9.80. The van der Waals surface area contributed by atoms with Gasteiger partial charge >= 0.3 is 0 Å². The molecule has 1 fully saturated rings. The Morgan fingerprint density at radius 2 is 1.94 bits per heavy atom. The normalized spacial score (nSPS) is 14.8. The molecule has 0 unspecified atom stereocenters. The summed E-state index contributed by atoms with van der Waals surface area (Å²) in [4.78, 5) is 14.3. The number of benzene rings is 2. The number of hydrogen-bond acceptors (Lipinski definition) is 3. The van der Waals surface area contributed by atoms with Gasteiger partial charge in [-0.25, -0.2) is 4.68 Å². The molecule has 0 saturated heterocycles. The standard InChI is InChI=1S/C26H30ClN3O/c1-19-21(15-20-9-11-24(12-10-20)30-14-6-13-28-30)16-22(18-31)25(26(19)27)17-29(2)23-7-4-3-5-8-23/h6,9-14,16,18,23H,3-5,7-8,15,17H2,1-2H3. The quantitative estimate of drug-likeness (QED) is 0.427. The van der Waals surface area contributed by atoms with Crippen LogP contribution in [0.25, 0.3) is 5.69 Å². The molecule has 2 aromatic carbocycles. The van der Waals surface area contributed by atoms with Crippen LogP contribution in [0, 0.1) is 6.92 Å². The summed E-state index contributed by atoms with van der Waals surface area (Å²) in [5.74, 6) is 0. The number of nitrogens with zero attached hydrogens (tertiary/aromatic N) is 3. The predicted molar refractivity (Wildman–Crippen MR) is 126 cm³/mol. The van der Waals surface area contributed by atoms with E-state index in [9.17, 15) is 4.79 Å². The molecule has 1 heterocycles. The zero-order chi connectivity index (χ0) is 21.8. The summed E-state index contributed by atoms with van der Waals surface area (Å²) >= 11 is 6.83. The van der Waals surface area contributed by atoms with E-state index in [1.54, 1.807) is 6.20 Å². The van der Waals surface area contributed by atoms with Crippen molar-refractivity contribution < 1.29 is 4.79 Å². The molecular weight excluding hydrogens is 406 g/mol. The summed E-state index contributed by atoms with van der Waals surface area (Å²) in [7, 11) is 2.16. The second-order valence-electron chi connectivity index (χ2n) is 8.66. The highest BCUT2D eigenvalue weighted by Gasteiger charge is 2.21. The molecule has 0 bridgehead atoms. The van der Waals surface area contributed by atoms with Crippen LogP contribution in [0.1, 0.15) is 64.7 Å². The summed E-state index contributed by atoms with van der Waals surface area (Å²) < 4.78 is 1.84. The Bertz CT molecular complexity index is 1020. The van der Waals surface area contributed by atoms with E-state index in [0.717, 1.165) is 46.7 Å². The van der Waals surface area contributed by atoms with E-state index >= 15 is 0 Å². The zero-order valence-corrected chi connectivity index (χ0v) is 19.1. The first-order valence-corrected chi connectivity index (χ1v) is 11.5. The van der Waals surface area contributed by atoms with Gasteiger partial charge in [0.2, 0.25) is 0 Å². The van der Waals surface area contributed by atoms with Gasteiger partial charge in [-0.05, 0) is 79.8 Å². The number of carbonyl (C=O) groups is 1. The molecule has 0 radical (unpaired) electrons. The summed E-state index contributed by atoms with van der Waals surface area (Å²) in [6.45, 7) is 2.78. The predicted octanol–water partition coefficient (Wildman–Crippen LogP) is 6.00. The van der Waals surface area contributed by atoms with Gasteiger partial charge in [-0.2, -0.15) is 5.10 Å². The third-order valence-corrected chi connectivity index (χ3v) is 7.10. The monoisotopic (exact) mass is 435 g/mol. The molecule has 0 spiro atoms. The molecule has 4 nitrogen and oxygen atoms in total. The number of rotatable bonds is 7. The SMILES string of the molecule is Cc1c(Cc2ccc(-n3cccn3)cc2)cc(C=O)c(CN(C)C2CCCCC2)c1Cl. The molecule has 162 valence electrons. The summed E-state index contributed by atoms with van der Waals surface area (Å²) in [6.07, 6.45) is 11.8. The summed E-state index contributed by atoms with van der Waals surface area (Å²) in [5.41, 5.74) is 6.04. The first-order valence-electron chi connectivity index (χ1n) is 11.1. The molecule has 0 amide bonds. The largest absolute Gasteiger partial charge is 0.299 e. The lowest BCUT2D eigenvalue weighted by Gasteiger charge is -2.32. The molecule has 1 aliphatic carbocycles. The smallest absolute Gasteiger partial charge is 0.150 e. The van der Waals surface area contributed by atoms with Crippen LogP contribution in [0.3, 0.4) is 0 Å². The van der Waals surface area contributed by atoms with Crippen LogP contribution in [0.4, 0.5) is 0 Å². The van der Waals surface area contributed by atoms with E-state index in [-0.39, 0.29) is 0 Å². The lowest BCUT2D eigenvalue weighted by molar-refractivity contribution is 0.112. The highest BCUT2D eigenvalue weighted by molar-refractivity contribution is 6.32. The van der Waals surface area contributed by atoms with Gasteiger partial charge in [0.25, 0.3) is 0 Å². The van der Waals surface area contributed by atoms with Gasteiger partial charge in [0, 0.05) is 35.6 Å². The van der Waals surface area contributed by atoms with Gasteiger partial charge in [0.05, 0.1) is 5.69 Å². The molecule has 1 aromatic heterocycles. The molecular formula is C26H30ClN3O. The average molecular weight is 436 g/mol. The molecule has 31 heavy (non-hydrogen) atoms. The maximum atomic E-state index is 11.9. The molecule has 0 N–H and O–H groups in total. The van der Waals surface area contributed by atoms with Crippen molar-refractivity contribution in [1.82, 2.24) is 14.7 Å². The van der Waals surface area contributed by atoms with E-state index in [1.807, 2.05) is 23.0 Å². The Labute approximate surface area is 189 Å². The molecule has 0 atom stereocenters. The Kier molecular flexibility index (Phi) is 6.89. The van der Waals surface area contributed by atoms with Crippen LogP contribution in [0.2, 0.25) is 5.02 Å². The van der Waals surface area contributed by atoms with Crippen molar-refractivity contribution in [2.45, 2.75) is 58.0 Å². The molecule has 3 aromatic rings. The molecule has 4 rings (SSSR count). The van der Waals surface area contributed by atoms with Crippen molar-refractivity contribution in [3.63, 3.8) is 0 Å². The van der Waals surface area contributed by atoms with E-state index < -0.39 is 0 Å². The Hall–Kier alpha value is -2.43. The first-order chi connectivity index (χ1) is 15.1. The maximum Gasteiger partial charge on any atom is 0.150 e. The molecule has 1 aliphatic rings. The highest BCUT2D eigenvalue weighted by atomic mass is 35.5. The number of aldehydes is 1. The van der Waals surface area contributed by atoms with Gasteiger partial charge in [-0.15, -0.1) is 0 Å². The second-order valence-corrected chi connectivity index (χ2v) is 9.04. The third-order valence-electron chi connectivity index (χ3n) is 6.59. The van der Waals surface area contributed by atoms with Crippen molar-refractivity contribution in [2.75, 3.05) is 7.05 Å². The van der Waals surface area contributed by atoms with E-state index in [0.29, 0.717) is 11.6 Å². The number of hydrogen-bond donors (Lipinski definition) is 0. The fourth-order valence-electron chi connectivity index (χ4n) is 4.63. The molecule has 1 saturated carbocycles. The lowest BCUT2D eigenvalue weighted by atomic mass is 9.92. The van der Waals surface area contributed by atoms with Crippen molar-refractivity contribution in [2.24, 2.45) is 0 Å². The average Bonchev–Trinajstić information content (AvgIpc) is 3.34. The molecule has 0 aliphatic heterocycles. The Morgan fingerprint density at radius 3 is 2.58 bits per heavy atom. The van der Waals surface area contributed by atoms with Gasteiger partial charge in [0.1, 0.15) is 6.29 Å². The number of halogens is 1. The van der Waals surface area contributed by atoms with Crippen LogP contribution in [-0.4, -0.2) is 34.1 Å². The molecule has 5 heteroatoms. The van der Waals surface area contributed by atoms with Crippen LogP contribution in [0.5, 0.6) is 0 Å². The zero-order valence-electron chi connectivity index (χ0n) is 18.4. The fourth-order valence-corrected chi connectivity index (χ4v) is 4.93. The fraction of sp³-hybridized carbons (Fsp3) is 0.385. The van der Waals surface area contributed by atoms with Crippen LogP contribution in [-0.2, 0) is 13.0 Å². The minimum Gasteiger partial charge on any atom is -0.299 e. The maximum absolute atomic E-state index is 11.9. The summed E-state index contributed by atoms with van der Waals surface area (Å²) in [6, 6.07) is 12.9. The van der Waals surface area contributed by atoms with Crippen molar-refractivity contribution >= 4 is 17.9 Å². The van der Waals surface area contributed by atoms with Crippen molar-refractivity contribution in [3.8, 4) is 5.69 Å². The van der Waals surface area contributed by atoms with Crippen molar-refractivity contribution in [1.29, 1.82) is 0 Å². The van der Waals surface area contributed by atoms with Crippen LogP contribution < -0.4 is 0 Å². The minimum atomic E-state index is 0.581. The van der Waals surface area contributed by atoms with E-state index in [2.05, 4.69) is 48.2 Å². The topological polar surface area (TPSA) is 38.1 Å². The van der Waals surface area contributed by atoms with Gasteiger partial charge in [-0.3, -0.25) is 9.69 Å². The Balaban J connectivity index is 1.55. The van der Waals surface area contributed by atoms with E-state index in [1.165, 1.54) is 37.7 Å². The van der Waals surface area contributed by atoms with Crippen LogP contribution in [0.15, 0.2) is 48.8 Å². The van der Waals surface area contributed by atoms with Gasteiger partial charge in [-0.1, -0.05) is 43.0 Å². The Morgan fingerprint density at radius 1 is 1.19 bits per heavy atom. The minimum absolute atomic E-state index is 0.581. The van der Waals surface area contributed by atoms with Crippen molar-refractivity contribution in [3.05, 3.63) is 81.6 Å². The highest BCUT2D eigenvalue weighted by Crippen LogP contribution is 2.31.